The summed E-state index contributed by atoms with van der Waals surface area (Å²) >= 11 is 0. The molecule has 7 rings (SSSR count). The van der Waals surface area contributed by atoms with Gasteiger partial charge in [0, 0.05) is 6.20 Å². The van der Waals surface area contributed by atoms with E-state index in [0.717, 1.165) is 44.5 Å². The Morgan fingerprint density at radius 3 is 1.61 bits per heavy atom. The molecule has 0 saturated carbocycles. The predicted molar refractivity (Wildman–Crippen MR) is 189 cm³/mol. The number of fused-ring (bicyclic) bond motifs is 6. The van der Waals surface area contributed by atoms with Crippen LogP contribution in [0, 0.1) is 22.7 Å². The van der Waals surface area contributed by atoms with Gasteiger partial charge in [-0.15, -0.1) is 0 Å². The molecular formula is C42H28N4. The minimum absolute atomic E-state index is 0.327. The van der Waals surface area contributed by atoms with Crippen LogP contribution in [0.1, 0.15) is 17.7 Å². The van der Waals surface area contributed by atoms with E-state index in [1.807, 2.05) is 24.3 Å². The van der Waals surface area contributed by atoms with Crippen molar-refractivity contribution in [1.82, 2.24) is 4.98 Å². The van der Waals surface area contributed by atoms with Crippen molar-refractivity contribution in [3.8, 4) is 45.5 Å². The third kappa shape index (κ3) is 5.26. The van der Waals surface area contributed by atoms with Crippen LogP contribution < -0.4 is 5.73 Å². The first-order valence-electron chi connectivity index (χ1n) is 15.1. The highest BCUT2D eigenvalue weighted by Crippen LogP contribution is 2.39. The first kappa shape index (κ1) is 28.3. The molecule has 2 N–H and O–H groups in total. The van der Waals surface area contributed by atoms with E-state index in [0.29, 0.717) is 12.1 Å². The Hall–Kier alpha value is -6.49. The topological polar surface area (TPSA) is 86.5 Å². The summed E-state index contributed by atoms with van der Waals surface area (Å²) in [5.41, 5.74) is 14.6. The number of hydrogen-bond acceptors (Lipinski definition) is 4. The molecule has 0 aliphatic heterocycles. The Balaban J connectivity index is 1.34. The third-order valence-corrected chi connectivity index (χ3v) is 8.50. The summed E-state index contributed by atoms with van der Waals surface area (Å²) in [6.45, 7) is 0. The van der Waals surface area contributed by atoms with Crippen molar-refractivity contribution in [3.05, 3.63) is 157 Å². The maximum Gasteiger partial charge on any atom is 0.141 e. The van der Waals surface area contributed by atoms with E-state index in [9.17, 15) is 5.26 Å². The second-order valence-electron chi connectivity index (χ2n) is 11.1. The normalized spacial score (nSPS) is 11.7. The molecule has 0 saturated heterocycles. The Kier molecular flexibility index (Phi) is 7.53. The highest BCUT2D eigenvalue weighted by Gasteiger charge is 2.12. The second kappa shape index (κ2) is 12.2. The molecule has 0 atom stereocenters. The molecule has 0 aliphatic carbocycles. The maximum atomic E-state index is 9.26. The summed E-state index contributed by atoms with van der Waals surface area (Å²) in [6.07, 6.45) is 7.22. The van der Waals surface area contributed by atoms with Gasteiger partial charge in [0.15, 0.2) is 0 Å². The van der Waals surface area contributed by atoms with Gasteiger partial charge in [-0.2, -0.15) is 10.5 Å². The molecule has 1 heterocycles. The van der Waals surface area contributed by atoms with Crippen molar-refractivity contribution >= 4 is 37.9 Å². The number of aromatic nitrogens is 1. The molecular weight excluding hydrogens is 560 g/mol. The summed E-state index contributed by atoms with van der Waals surface area (Å²) in [5, 5.41) is 25.6. The van der Waals surface area contributed by atoms with Crippen LogP contribution >= 0.6 is 0 Å². The van der Waals surface area contributed by atoms with Crippen molar-refractivity contribution in [1.29, 1.82) is 10.5 Å². The van der Waals surface area contributed by atoms with Gasteiger partial charge in [0.05, 0.1) is 12.5 Å². The average Bonchev–Trinajstić information content (AvgIpc) is 3.13. The Labute approximate surface area is 267 Å². The van der Waals surface area contributed by atoms with Gasteiger partial charge in [-0.25, -0.2) is 4.98 Å². The average molecular weight is 589 g/mol. The summed E-state index contributed by atoms with van der Waals surface area (Å²) in [6, 6.07) is 47.0. The molecule has 7 aromatic rings. The second-order valence-corrected chi connectivity index (χ2v) is 11.1. The molecule has 1 aromatic heterocycles. The summed E-state index contributed by atoms with van der Waals surface area (Å²) < 4.78 is 0. The zero-order valence-electron chi connectivity index (χ0n) is 25.0. The largest absolute Gasteiger partial charge is 0.405 e. The number of allylic oxidation sites excluding steroid dienone is 3. The SMILES string of the molecule is N#CC/C=C(\C=C/N)c1ccc(-c2ccc3c4ccccc4c4ccc(-c5ccc(-c6ccnc(C#N)c6)cc5)cc4c3c2)cc1. The van der Waals surface area contributed by atoms with Gasteiger partial charge in [-0.05, 0) is 113 Å². The van der Waals surface area contributed by atoms with Crippen LogP contribution in [-0.2, 0) is 0 Å². The predicted octanol–water partition coefficient (Wildman–Crippen LogP) is 10.2. The Morgan fingerprint density at radius 1 is 0.587 bits per heavy atom. The first-order chi connectivity index (χ1) is 22.7. The number of benzene rings is 6. The van der Waals surface area contributed by atoms with Crippen molar-refractivity contribution < 1.29 is 0 Å². The van der Waals surface area contributed by atoms with Crippen LogP contribution in [0.4, 0.5) is 0 Å². The highest BCUT2D eigenvalue weighted by molar-refractivity contribution is 6.26. The fraction of sp³-hybridized carbons (Fsp3) is 0.0238. The zero-order chi connectivity index (χ0) is 31.5. The number of pyridine rings is 1. The van der Waals surface area contributed by atoms with E-state index in [4.69, 9.17) is 11.0 Å². The highest BCUT2D eigenvalue weighted by atomic mass is 14.7. The van der Waals surface area contributed by atoms with Crippen LogP contribution in [0.2, 0.25) is 0 Å². The van der Waals surface area contributed by atoms with E-state index in [-0.39, 0.29) is 0 Å². The number of nitriles is 2. The number of rotatable bonds is 6. The van der Waals surface area contributed by atoms with Crippen molar-refractivity contribution in [2.24, 2.45) is 5.73 Å². The lowest BCUT2D eigenvalue weighted by Gasteiger charge is -2.14. The van der Waals surface area contributed by atoms with Gasteiger partial charge in [-0.3, -0.25) is 0 Å². The van der Waals surface area contributed by atoms with Gasteiger partial charge in [0.1, 0.15) is 11.8 Å². The van der Waals surface area contributed by atoms with Crippen LogP contribution in [0.3, 0.4) is 0 Å². The number of hydrogen-bond donors (Lipinski definition) is 1. The number of nitrogens with zero attached hydrogens (tertiary/aromatic N) is 3. The molecule has 6 aromatic carbocycles. The summed E-state index contributed by atoms with van der Waals surface area (Å²) in [5.74, 6) is 0. The van der Waals surface area contributed by atoms with E-state index in [2.05, 4.69) is 126 Å². The van der Waals surface area contributed by atoms with Crippen molar-refractivity contribution in [2.75, 3.05) is 0 Å². The van der Waals surface area contributed by atoms with Crippen LogP contribution in [0.5, 0.6) is 0 Å². The summed E-state index contributed by atoms with van der Waals surface area (Å²) in [7, 11) is 0. The number of nitrogens with two attached hydrogens (primary N) is 1. The fourth-order valence-corrected chi connectivity index (χ4v) is 6.24. The van der Waals surface area contributed by atoms with Crippen molar-refractivity contribution in [3.63, 3.8) is 0 Å². The molecule has 0 fully saturated rings. The standard InChI is InChI=1S/C42H28N4/c43-21-3-4-28(19-22-44)29-7-9-30(10-8-29)33-15-17-39-37-5-1-2-6-38(37)40-18-16-34(26-42(40)41(39)25-33)31-11-13-32(14-12-31)35-20-23-46-36(24-35)27-45/h1-2,4-20,22-26H,3,44H2/b22-19-,28-4+. The molecule has 0 amide bonds. The lowest BCUT2D eigenvalue weighted by atomic mass is 9.90. The van der Waals surface area contributed by atoms with E-state index in [1.165, 1.54) is 38.5 Å². The van der Waals surface area contributed by atoms with Gasteiger partial charge in [0.2, 0.25) is 0 Å². The fourth-order valence-electron chi connectivity index (χ4n) is 6.24. The molecule has 46 heavy (non-hydrogen) atoms. The molecule has 0 bridgehead atoms. The molecule has 0 unspecified atom stereocenters. The molecule has 0 spiro atoms. The first-order valence-corrected chi connectivity index (χ1v) is 15.1. The lowest BCUT2D eigenvalue weighted by molar-refractivity contribution is 1.26. The monoisotopic (exact) mass is 588 g/mol. The van der Waals surface area contributed by atoms with Crippen LogP contribution in [0.15, 0.2) is 146 Å². The minimum atomic E-state index is 0.327. The smallest absolute Gasteiger partial charge is 0.141 e. The quantitative estimate of drug-likeness (QED) is 0.155. The molecule has 4 heteroatoms. The third-order valence-electron chi connectivity index (χ3n) is 8.50. The zero-order valence-corrected chi connectivity index (χ0v) is 25.0. The van der Waals surface area contributed by atoms with Gasteiger partial charge < -0.3 is 5.73 Å². The molecule has 216 valence electrons. The van der Waals surface area contributed by atoms with Crippen LogP contribution in [0.25, 0.3) is 71.3 Å². The molecule has 4 nitrogen and oxygen atoms in total. The van der Waals surface area contributed by atoms with Crippen LogP contribution in [-0.4, -0.2) is 4.98 Å². The summed E-state index contributed by atoms with van der Waals surface area (Å²) in [4.78, 5) is 4.10. The van der Waals surface area contributed by atoms with Gasteiger partial charge in [0.25, 0.3) is 0 Å². The van der Waals surface area contributed by atoms with E-state index in [1.54, 1.807) is 6.20 Å². The van der Waals surface area contributed by atoms with Crippen molar-refractivity contribution in [2.45, 2.75) is 6.42 Å². The minimum Gasteiger partial charge on any atom is -0.405 e. The Morgan fingerprint density at radius 2 is 1.09 bits per heavy atom. The van der Waals surface area contributed by atoms with E-state index < -0.39 is 0 Å². The van der Waals surface area contributed by atoms with Gasteiger partial charge in [-0.1, -0.05) is 103 Å². The lowest BCUT2D eigenvalue weighted by Crippen LogP contribution is -1.88. The maximum absolute atomic E-state index is 9.26. The molecule has 0 radical (unpaired) electrons. The van der Waals surface area contributed by atoms with Gasteiger partial charge >= 0.3 is 0 Å². The molecule has 0 aliphatic rings. The van der Waals surface area contributed by atoms with E-state index >= 15 is 0 Å². The Bertz CT molecular complexity index is 2400.